The maximum Gasteiger partial charge on any atom is 0.230 e. The molecule has 0 saturated carbocycles. The monoisotopic (exact) mass is 307 g/mol. The third-order valence-electron chi connectivity index (χ3n) is 3.43. The number of nitrogens with zero attached hydrogens (tertiary/aromatic N) is 2. The number of amides is 1. The van der Waals surface area contributed by atoms with E-state index < -0.39 is 0 Å². The Balaban J connectivity index is 1.90. The third kappa shape index (κ3) is 2.67. The summed E-state index contributed by atoms with van der Waals surface area (Å²) in [6.45, 7) is 2.60. The number of carbonyl (C=O) groups excluding carboxylic acids is 1. The number of thiophene rings is 1. The molecule has 1 N–H and O–H groups in total. The first-order valence-corrected chi connectivity index (χ1v) is 8.74. The number of rotatable bonds is 4. The largest absolute Gasteiger partial charge is 0.356 e. The molecule has 2 heterocycles. The first kappa shape index (κ1) is 13.8. The summed E-state index contributed by atoms with van der Waals surface area (Å²) in [7, 11) is 0. The average molecular weight is 307 g/mol. The summed E-state index contributed by atoms with van der Waals surface area (Å²) in [5.74, 6) is 0.484. The van der Waals surface area contributed by atoms with Crippen LogP contribution in [0.15, 0.2) is 11.4 Å². The zero-order chi connectivity index (χ0) is 13.9. The first-order chi connectivity index (χ1) is 9.79. The van der Waals surface area contributed by atoms with Crippen LogP contribution in [-0.4, -0.2) is 28.2 Å². The van der Waals surface area contributed by atoms with Gasteiger partial charge in [-0.05, 0) is 38.2 Å². The van der Waals surface area contributed by atoms with Gasteiger partial charge in [-0.15, -0.1) is 11.3 Å². The van der Waals surface area contributed by atoms with Gasteiger partial charge in [-0.2, -0.15) is 0 Å². The highest BCUT2D eigenvalue weighted by atomic mass is 32.2. The SMILES string of the molecule is CCNC(=O)CSc1ncnc2sc3c(c12)CCCC3. The molecule has 0 atom stereocenters. The molecule has 0 spiro atoms. The molecule has 0 fully saturated rings. The number of carbonyl (C=O) groups is 1. The molecule has 6 heteroatoms. The van der Waals surface area contributed by atoms with Crippen molar-refractivity contribution in [2.24, 2.45) is 0 Å². The second-order valence-electron chi connectivity index (χ2n) is 4.81. The first-order valence-electron chi connectivity index (χ1n) is 6.94. The predicted octanol–water partition coefficient (Wildman–Crippen LogP) is 2.80. The summed E-state index contributed by atoms with van der Waals surface area (Å²) in [6.07, 6.45) is 6.42. The van der Waals surface area contributed by atoms with E-state index in [1.807, 2.05) is 6.92 Å². The lowest BCUT2D eigenvalue weighted by Gasteiger charge is -2.11. The van der Waals surface area contributed by atoms with Gasteiger partial charge in [0, 0.05) is 16.8 Å². The van der Waals surface area contributed by atoms with Crippen molar-refractivity contribution in [2.45, 2.75) is 37.6 Å². The summed E-state index contributed by atoms with van der Waals surface area (Å²) >= 11 is 3.31. The number of fused-ring (bicyclic) bond motifs is 3. The topological polar surface area (TPSA) is 54.9 Å². The molecule has 1 aliphatic carbocycles. The molecule has 2 aromatic heterocycles. The third-order valence-corrected chi connectivity index (χ3v) is 5.62. The highest BCUT2D eigenvalue weighted by Gasteiger charge is 2.20. The van der Waals surface area contributed by atoms with Gasteiger partial charge in [0.1, 0.15) is 16.2 Å². The number of aryl methyl sites for hydroxylation is 2. The zero-order valence-corrected chi connectivity index (χ0v) is 13.1. The molecule has 0 unspecified atom stereocenters. The Hall–Kier alpha value is -1.14. The van der Waals surface area contributed by atoms with Crippen LogP contribution in [0.25, 0.3) is 10.2 Å². The Morgan fingerprint density at radius 3 is 3.10 bits per heavy atom. The summed E-state index contributed by atoms with van der Waals surface area (Å²) in [5.41, 5.74) is 1.43. The minimum atomic E-state index is 0.0633. The fourth-order valence-corrected chi connectivity index (χ4v) is 4.70. The van der Waals surface area contributed by atoms with E-state index in [-0.39, 0.29) is 5.91 Å². The van der Waals surface area contributed by atoms with Crippen molar-refractivity contribution in [1.29, 1.82) is 0 Å². The van der Waals surface area contributed by atoms with Gasteiger partial charge in [0.05, 0.1) is 5.75 Å². The Morgan fingerprint density at radius 1 is 1.40 bits per heavy atom. The van der Waals surface area contributed by atoms with Gasteiger partial charge in [-0.3, -0.25) is 4.79 Å². The lowest BCUT2D eigenvalue weighted by molar-refractivity contribution is -0.118. The highest BCUT2D eigenvalue weighted by molar-refractivity contribution is 8.00. The van der Waals surface area contributed by atoms with E-state index in [0.717, 1.165) is 22.7 Å². The Bertz CT molecular complexity index is 639. The van der Waals surface area contributed by atoms with Gasteiger partial charge in [-0.1, -0.05) is 11.8 Å². The van der Waals surface area contributed by atoms with Gasteiger partial charge in [0.2, 0.25) is 5.91 Å². The van der Waals surface area contributed by atoms with Crippen molar-refractivity contribution in [3.05, 3.63) is 16.8 Å². The molecular formula is C14H17N3OS2. The maximum absolute atomic E-state index is 11.6. The Kier molecular flexibility index (Phi) is 4.21. The smallest absolute Gasteiger partial charge is 0.230 e. The van der Waals surface area contributed by atoms with Crippen molar-refractivity contribution >= 4 is 39.2 Å². The quantitative estimate of drug-likeness (QED) is 0.697. The van der Waals surface area contributed by atoms with E-state index in [4.69, 9.17) is 0 Å². The number of aromatic nitrogens is 2. The summed E-state index contributed by atoms with van der Waals surface area (Å²) in [5, 5.41) is 4.97. The van der Waals surface area contributed by atoms with E-state index in [2.05, 4.69) is 15.3 Å². The fraction of sp³-hybridized carbons (Fsp3) is 0.500. The van der Waals surface area contributed by atoms with E-state index in [1.54, 1.807) is 17.7 Å². The van der Waals surface area contributed by atoms with Crippen molar-refractivity contribution in [2.75, 3.05) is 12.3 Å². The summed E-state index contributed by atoms with van der Waals surface area (Å²) < 4.78 is 0. The van der Waals surface area contributed by atoms with Crippen molar-refractivity contribution in [3.63, 3.8) is 0 Å². The van der Waals surface area contributed by atoms with Gasteiger partial charge in [-0.25, -0.2) is 9.97 Å². The fourth-order valence-electron chi connectivity index (χ4n) is 2.55. The second kappa shape index (κ2) is 6.10. The van der Waals surface area contributed by atoms with E-state index >= 15 is 0 Å². The van der Waals surface area contributed by atoms with Crippen LogP contribution in [0.4, 0.5) is 0 Å². The van der Waals surface area contributed by atoms with Crippen LogP contribution in [0.5, 0.6) is 0 Å². The van der Waals surface area contributed by atoms with Crippen LogP contribution in [0.3, 0.4) is 0 Å². The van der Waals surface area contributed by atoms with Gasteiger partial charge >= 0.3 is 0 Å². The molecule has 0 radical (unpaired) electrons. The van der Waals surface area contributed by atoms with Crippen molar-refractivity contribution in [3.8, 4) is 0 Å². The van der Waals surface area contributed by atoms with Crippen LogP contribution in [0.2, 0.25) is 0 Å². The molecule has 106 valence electrons. The molecule has 20 heavy (non-hydrogen) atoms. The molecule has 0 aromatic carbocycles. The minimum Gasteiger partial charge on any atom is -0.356 e. The van der Waals surface area contributed by atoms with E-state index in [0.29, 0.717) is 12.3 Å². The lowest BCUT2D eigenvalue weighted by Crippen LogP contribution is -2.24. The number of hydrogen-bond donors (Lipinski definition) is 1. The molecule has 2 aromatic rings. The van der Waals surface area contributed by atoms with E-state index in [9.17, 15) is 4.79 Å². The minimum absolute atomic E-state index is 0.0633. The van der Waals surface area contributed by atoms with Gasteiger partial charge < -0.3 is 5.32 Å². The Labute approximate surface area is 126 Å². The molecular weight excluding hydrogens is 290 g/mol. The maximum atomic E-state index is 11.6. The molecule has 1 amide bonds. The summed E-state index contributed by atoms with van der Waals surface area (Å²) in [4.78, 5) is 22.9. The molecule has 4 nitrogen and oxygen atoms in total. The normalized spacial score (nSPS) is 14.2. The van der Waals surface area contributed by atoms with Crippen molar-refractivity contribution in [1.82, 2.24) is 15.3 Å². The lowest BCUT2D eigenvalue weighted by atomic mass is 9.97. The van der Waals surface area contributed by atoms with Gasteiger partial charge in [0.15, 0.2) is 0 Å². The average Bonchev–Trinajstić information content (AvgIpc) is 2.84. The van der Waals surface area contributed by atoms with Crippen molar-refractivity contribution < 1.29 is 4.79 Å². The molecule has 1 aliphatic rings. The Morgan fingerprint density at radius 2 is 2.25 bits per heavy atom. The van der Waals surface area contributed by atoms with Crippen LogP contribution >= 0.6 is 23.1 Å². The van der Waals surface area contributed by atoms with Crippen LogP contribution in [0.1, 0.15) is 30.2 Å². The predicted molar refractivity (Wildman–Crippen MR) is 83.5 cm³/mol. The zero-order valence-electron chi connectivity index (χ0n) is 11.4. The number of thioether (sulfide) groups is 1. The van der Waals surface area contributed by atoms with Crippen LogP contribution < -0.4 is 5.32 Å². The van der Waals surface area contributed by atoms with Gasteiger partial charge in [0.25, 0.3) is 0 Å². The standard InChI is InChI=1S/C14H17N3OS2/c1-2-15-11(18)7-19-13-12-9-5-3-4-6-10(9)20-14(12)17-8-16-13/h8H,2-7H2,1H3,(H,15,18). The molecule has 0 aliphatic heterocycles. The molecule has 0 saturated heterocycles. The van der Waals surface area contributed by atoms with E-state index in [1.165, 1.54) is 40.4 Å². The van der Waals surface area contributed by atoms with Crippen LogP contribution in [-0.2, 0) is 17.6 Å². The van der Waals surface area contributed by atoms with Crippen LogP contribution in [0, 0.1) is 0 Å². The number of nitrogens with one attached hydrogen (secondary N) is 1. The highest BCUT2D eigenvalue weighted by Crippen LogP contribution is 2.39. The molecule has 0 bridgehead atoms. The number of hydrogen-bond acceptors (Lipinski definition) is 5. The summed E-state index contributed by atoms with van der Waals surface area (Å²) in [6, 6.07) is 0. The second-order valence-corrected chi connectivity index (χ2v) is 6.86. The molecule has 3 rings (SSSR count).